The zero-order valence-corrected chi connectivity index (χ0v) is 21.4. The van der Waals surface area contributed by atoms with Gasteiger partial charge in [-0.25, -0.2) is 4.39 Å². The van der Waals surface area contributed by atoms with Crippen molar-refractivity contribution >= 4 is 63.9 Å². The first-order valence-electron chi connectivity index (χ1n) is 10.7. The van der Waals surface area contributed by atoms with E-state index in [1.807, 2.05) is 24.5 Å². The third-order valence-corrected chi connectivity index (χ3v) is 7.12. The fourth-order valence-corrected chi connectivity index (χ4v) is 4.87. The lowest BCUT2D eigenvalue weighted by atomic mass is 10.2. The molecule has 1 saturated heterocycles. The number of nitrogens with zero attached hydrogens (tertiary/aromatic N) is 1. The maximum Gasteiger partial charge on any atom is 0.294 e. The van der Waals surface area contributed by atoms with Crippen molar-refractivity contribution in [2.24, 2.45) is 0 Å². The highest BCUT2D eigenvalue weighted by Crippen LogP contribution is 2.33. The van der Waals surface area contributed by atoms with Gasteiger partial charge in [-0.05, 0) is 72.1 Å². The topological polar surface area (TPSA) is 75.7 Å². The summed E-state index contributed by atoms with van der Waals surface area (Å²) in [7, 11) is 0. The summed E-state index contributed by atoms with van der Waals surface area (Å²) in [5.74, 6) is -1.05. The number of ether oxygens (including phenoxy) is 1. The molecule has 0 unspecified atom stereocenters. The summed E-state index contributed by atoms with van der Waals surface area (Å²) in [6.07, 6.45) is 3.47. The Balaban J connectivity index is 1.41. The molecule has 0 bridgehead atoms. The molecule has 6 nitrogen and oxygen atoms in total. The minimum Gasteiger partial charge on any atom is -0.489 e. The van der Waals surface area contributed by atoms with E-state index in [4.69, 9.17) is 16.3 Å². The van der Waals surface area contributed by atoms with E-state index in [1.54, 1.807) is 42.5 Å². The van der Waals surface area contributed by atoms with Crippen LogP contribution in [0.25, 0.3) is 6.08 Å². The van der Waals surface area contributed by atoms with Gasteiger partial charge in [-0.1, -0.05) is 35.9 Å². The second-order valence-electron chi connectivity index (χ2n) is 7.61. The van der Waals surface area contributed by atoms with E-state index < -0.39 is 29.4 Å². The van der Waals surface area contributed by atoms with Gasteiger partial charge in [0.25, 0.3) is 11.1 Å². The predicted molar refractivity (Wildman–Crippen MR) is 142 cm³/mol. The summed E-state index contributed by atoms with van der Waals surface area (Å²) in [6.45, 7) is -0.460. The normalized spacial score (nSPS) is 14.4. The molecule has 0 atom stereocenters. The monoisotopic (exact) mass is 542 g/mol. The quantitative estimate of drug-likeness (QED) is 0.260. The van der Waals surface area contributed by atoms with Crippen LogP contribution in [0, 0.1) is 5.82 Å². The van der Waals surface area contributed by atoms with E-state index in [9.17, 15) is 18.8 Å². The number of rotatable bonds is 8. The zero-order valence-electron chi connectivity index (χ0n) is 19.0. The molecular weight excluding hydrogens is 523 g/mol. The molecule has 0 saturated carbocycles. The van der Waals surface area contributed by atoms with Gasteiger partial charge in [-0.15, -0.1) is 11.8 Å². The number of carbonyl (C=O) groups excluding carboxylic acids is 3. The van der Waals surface area contributed by atoms with Crippen molar-refractivity contribution in [2.75, 3.05) is 18.1 Å². The number of benzene rings is 3. The van der Waals surface area contributed by atoms with E-state index in [2.05, 4.69) is 5.32 Å². The lowest BCUT2D eigenvalue weighted by Crippen LogP contribution is -2.36. The molecule has 184 valence electrons. The molecule has 0 spiro atoms. The predicted octanol–water partition coefficient (Wildman–Crippen LogP) is 6.46. The SMILES string of the molecule is CSc1cccc(NC(=O)CN2C(=O)S/C(=C/c3cccc(OCc4c(F)cccc4Cl)c3)C2=O)c1. The molecule has 1 fully saturated rings. The number of imide groups is 1. The van der Waals surface area contributed by atoms with Crippen molar-refractivity contribution < 1.29 is 23.5 Å². The molecule has 1 aliphatic heterocycles. The first-order valence-corrected chi connectivity index (χ1v) is 13.1. The number of hydrogen-bond acceptors (Lipinski definition) is 6. The van der Waals surface area contributed by atoms with Crippen molar-refractivity contribution in [1.82, 2.24) is 4.90 Å². The van der Waals surface area contributed by atoms with Gasteiger partial charge < -0.3 is 10.1 Å². The van der Waals surface area contributed by atoms with E-state index >= 15 is 0 Å². The zero-order chi connectivity index (χ0) is 25.7. The Morgan fingerprint density at radius 2 is 1.92 bits per heavy atom. The standard InChI is InChI=1S/C26H20ClFN2O4S2/c1-35-19-8-3-6-17(13-19)29-24(31)14-30-25(32)23(36-26(30)33)12-16-5-2-7-18(11-16)34-15-20-21(27)9-4-10-22(20)28/h2-13H,14-15H2,1H3,(H,29,31)/b23-12+. The average molecular weight is 543 g/mol. The Morgan fingerprint density at radius 3 is 2.69 bits per heavy atom. The van der Waals surface area contributed by atoms with Crippen molar-refractivity contribution in [3.63, 3.8) is 0 Å². The van der Waals surface area contributed by atoms with Crippen LogP contribution in [-0.4, -0.2) is 34.8 Å². The maximum atomic E-state index is 14.0. The average Bonchev–Trinajstić information content (AvgIpc) is 3.11. The summed E-state index contributed by atoms with van der Waals surface area (Å²) in [5, 5.41) is 2.45. The van der Waals surface area contributed by atoms with Crippen molar-refractivity contribution in [1.29, 1.82) is 0 Å². The van der Waals surface area contributed by atoms with Gasteiger partial charge in [0.05, 0.1) is 9.93 Å². The summed E-state index contributed by atoms with van der Waals surface area (Å²) in [6, 6.07) is 18.5. The molecule has 0 radical (unpaired) electrons. The second kappa shape index (κ2) is 11.6. The Bertz CT molecular complexity index is 1350. The van der Waals surface area contributed by atoms with Gasteiger partial charge in [0, 0.05) is 16.1 Å². The van der Waals surface area contributed by atoms with E-state index in [1.165, 1.54) is 23.9 Å². The largest absolute Gasteiger partial charge is 0.489 e. The van der Waals surface area contributed by atoms with Crippen LogP contribution >= 0.6 is 35.1 Å². The van der Waals surface area contributed by atoms with Gasteiger partial charge in [-0.3, -0.25) is 19.3 Å². The van der Waals surface area contributed by atoms with Crippen molar-refractivity contribution in [3.8, 4) is 5.75 Å². The highest BCUT2D eigenvalue weighted by atomic mass is 35.5. The lowest BCUT2D eigenvalue weighted by molar-refractivity contribution is -0.127. The number of thioether (sulfide) groups is 2. The Morgan fingerprint density at radius 1 is 1.14 bits per heavy atom. The molecule has 10 heteroatoms. The third kappa shape index (κ3) is 6.29. The summed E-state index contributed by atoms with van der Waals surface area (Å²) >= 11 is 8.34. The Hall–Kier alpha value is -3.27. The van der Waals surface area contributed by atoms with Crippen LogP contribution in [0.3, 0.4) is 0 Å². The minimum absolute atomic E-state index is 0.0690. The highest BCUT2D eigenvalue weighted by Gasteiger charge is 2.36. The molecule has 3 aromatic carbocycles. The number of nitrogens with one attached hydrogen (secondary N) is 1. The van der Waals surface area contributed by atoms with Crippen LogP contribution in [0.5, 0.6) is 5.75 Å². The fourth-order valence-electron chi connectivity index (χ4n) is 3.35. The molecular formula is C26H20ClFN2O4S2. The number of anilines is 1. The molecule has 3 aromatic rings. The van der Waals surface area contributed by atoms with Gasteiger partial charge in [0.1, 0.15) is 24.7 Å². The van der Waals surface area contributed by atoms with Crippen molar-refractivity contribution in [3.05, 3.63) is 93.6 Å². The number of hydrogen-bond donors (Lipinski definition) is 1. The van der Waals surface area contributed by atoms with Gasteiger partial charge in [-0.2, -0.15) is 0 Å². The van der Waals surface area contributed by atoms with Crippen LogP contribution in [0.15, 0.2) is 76.5 Å². The van der Waals surface area contributed by atoms with Crippen LogP contribution < -0.4 is 10.1 Å². The van der Waals surface area contributed by atoms with E-state index in [-0.39, 0.29) is 22.1 Å². The third-order valence-electron chi connectivity index (χ3n) is 5.13. The van der Waals surface area contributed by atoms with Crippen LogP contribution in [0.2, 0.25) is 5.02 Å². The van der Waals surface area contributed by atoms with E-state index in [0.29, 0.717) is 17.0 Å². The molecule has 1 heterocycles. The second-order valence-corrected chi connectivity index (χ2v) is 9.89. The van der Waals surface area contributed by atoms with Gasteiger partial charge in [0.15, 0.2) is 0 Å². The lowest BCUT2D eigenvalue weighted by Gasteiger charge is -2.12. The highest BCUT2D eigenvalue weighted by molar-refractivity contribution is 8.18. The molecule has 1 N–H and O–H groups in total. The van der Waals surface area contributed by atoms with Crippen molar-refractivity contribution in [2.45, 2.75) is 11.5 Å². The van der Waals surface area contributed by atoms with Crippen LogP contribution in [0.4, 0.5) is 14.9 Å². The Labute approximate surface area is 220 Å². The summed E-state index contributed by atoms with van der Waals surface area (Å²) in [5.41, 5.74) is 1.43. The smallest absolute Gasteiger partial charge is 0.294 e. The number of halogens is 2. The molecule has 1 aliphatic rings. The summed E-state index contributed by atoms with van der Waals surface area (Å²) < 4.78 is 19.7. The van der Waals surface area contributed by atoms with Crippen LogP contribution in [0.1, 0.15) is 11.1 Å². The fraction of sp³-hybridized carbons (Fsp3) is 0.115. The molecule has 0 aliphatic carbocycles. The first-order chi connectivity index (χ1) is 17.3. The molecule has 3 amide bonds. The number of carbonyl (C=O) groups is 3. The molecule has 0 aromatic heterocycles. The summed E-state index contributed by atoms with van der Waals surface area (Å²) in [4.78, 5) is 39.8. The van der Waals surface area contributed by atoms with Gasteiger partial charge >= 0.3 is 0 Å². The Kier molecular flexibility index (Phi) is 8.35. The molecule has 36 heavy (non-hydrogen) atoms. The van der Waals surface area contributed by atoms with E-state index in [0.717, 1.165) is 21.6 Å². The first kappa shape index (κ1) is 25.8. The maximum absolute atomic E-state index is 14.0. The van der Waals surface area contributed by atoms with Gasteiger partial charge in [0.2, 0.25) is 5.91 Å². The van der Waals surface area contributed by atoms with Crippen LogP contribution in [-0.2, 0) is 16.2 Å². The molecule has 4 rings (SSSR count). The number of amides is 3. The minimum atomic E-state index is -0.553.